The summed E-state index contributed by atoms with van der Waals surface area (Å²) >= 11 is 0. The molecule has 0 aliphatic heterocycles. The molecule has 2 aliphatic rings. The second kappa shape index (κ2) is 3.94. The molecule has 0 saturated heterocycles. The molecule has 2 fully saturated rings. The summed E-state index contributed by atoms with van der Waals surface area (Å²) in [7, 11) is 0. The molecular formula is C16H21F2N. The second-order valence-corrected chi connectivity index (χ2v) is 7.12. The molecule has 2 bridgehead atoms. The van der Waals surface area contributed by atoms with Crippen LogP contribution in [0, 0.1) is 28.4 Å². The lowest BCUT2D eigenvalue weighted by Crippen LogP contribution is -2.45. The Bertz CT molecular complexity index is 507. The van der Waals surface area contributed by atoms with Crippen LogP contribution in [0.25, 0.3) is 0 Å². The molecule has 0 spiro atoms. The Balaban J connectivity index is 1.88. The molecule has 3 heteroatoms. The van der Waals surface area contributed by atoms with E-state index < -0.39 is 11.6 Å². The zero-order chi connectivity index (χ0) is 13.8. The van der Waals surface area contributed by atoms with Crippen molar-refractivity contribution in [3.8, 4) is 0 Å². The Morgan fingerprint density at radius 3 is 2.47 bits per heavy atom. The van der Waals surface area contributed by atoms with E-state index >= 15 is 0 Å². The molecule has 1 nitrogen and oxygen atoms in total. The third-order valence-corrected chi connectivity index (χ3v) is 5.50. The van der Waals surface area contributed by atoms with Gasteiger partial charge >= 0.3 is 0 Å². The first-order chi connectivity index (χ1) is 8.83. The smallest absolute Gasteiger partial charge is 0.160 e. The third-order valence-electron chi connectivity index (χ3n) is 5.50. The monoisotopic (exact) mass is 265 g/mol. The van der Waals surface area contributed by atoms with E-state index in [9.17, 15) is 8.78 Å². The van der Waals surface area contributed by atoms with Crippen LogP contribution in [0.3, 0.4) is 0 Å². The third kappa shape index (κ3) is 1.86. The Labute approximate surface area is 113 Å². The number of hydrogen-bond donors (Lipinski definition) is 1. The standard InChI is InChI=1S/C16H21F2N/c1-15(2)10-6-7-16(3,9-10)14(15)19-11-4-5-12(17)13(18)8-11/h4-5,8,10,14,19H,6-7,9H2,1-3H3/t10-,14?,16+/m0/s1. The van der Waals surface area contributed by atoms with Crippen molar-refractivity contribution >= 4 is 5.69 Å². The molecule has 3 rings (SSSR count). The van der Waals surface area contributed by atoms with Crippen molar-refractivity contribution < 1.29 is 8.78 Å². The van der Waals surface area contributed by atoms with Crippen molar-refractivity contribution in [2.24, 2.45) is 16.7 Å². The zero-order valence-corrected chi connectivity index (χ0v) is 11.8. The number of benzene rings is 1. The van der Waals surface area contributed by atoms with Gasteiger partial charge < -0.3 is 5.32 Å². The van der Waals surface area contributed by atoms with Crippen LogP contribution >= 0.6 is 0 Å². The van der Waals surface area contributed by atoms with Gasteiger partial charge in [-0.25, -0.2) is 8.78 Å². The molecule has 0 amide bonds. The van der Waals surface area contributed by atoms with Gasteiger partial charge in [0.15, 0.2) is 11.6 Å². The molecule has 3 atom stereocenters. The fourth-order valence-corrected chi connectivity index (χ4v) is 4.41. The maximum Gasteiger partial charge on any atom is 0.160 e. The van der Waals surface area contributed by atoms with Crippen molar-refractivity contribution in [2.75, 3.05) is 5.32 Å². The van der Waals surface area contributed by atoms with Crippen molar-refractivity contribution in [3.05, 3.63) is 29.8 Å². The van der Waals surface area contributed by atoms with Crippen molar-refractivity contribution in [1.82, 2.24) is 0 Å². The van der Waals surface area contributed by atoms with Crippen LogP contribution in [0.5, 0.6) is 0 Å². The van der Waals surface area contributed by atoms with Crippen LogP contribution < -0.4 is 5.32 Å². The number of halogens is 2. The van der Waals surface area contributed by atoms with Crippen molar-refractivity contribution in [2.45, 2.75) is 46.1 Å². The summed E-state index contributed by atoms with van der Waals surface area (Å²) < 4.78 is 26.3. The van der Waals surface area contributed by atoms with Gasteiger partial charge in [-0.1, -0.05) is 20.8 Å². The Morgan fingerprint density at radius 1 is 1.16 bits per heavy atom. The molecule has 1 N–H and O–H groups in total. The van der Waals surface area contributed by atoms with E-state index in [1.807, 2.05) is 0 Å². The van der Waals surface area contributed by atoms with E-state index in [1.54, 1.807) is 6.07 Å². The fraction of sp³-hybridized carbons (Fsp3) is 0.625. The summed E-state index contributed by atoms with van der Waals surface area (Å²) in [4.78, 5) is 0. The van der Waals surface area contributed by atoms with Gasteiger partial charge in [-0.15, -0.1) is 0 Å². The highest BCUT2D eigenvalue weighted by atomic mass is 19.2. The van der Waals surface area contributed by atoms with Gasteiger partial charge in [0, 0.05) is 17.8 Å². The van der Waals surface area contributed by atoms with Crippen molar-refractivity contribution in [3.63, 3.8) is 0 Å². The molecule has 0 heterocycles. The number of rotatable bonds is 2. The number of fused-ring (bicyclic) bond motifs is 2. The minimum absolute atomic E-state index is 0.206. The zero-order valence-electron chi connectivity index (χ0n) is 11.8. The van der Waals surface area contributed by atoms with E-state index in [0.29, 0.717) is 11.7 Å². The molecule has 2 aliphatic carbocycles. The molecular weight excluding hydrogens is 244 g/mol. The highest BCUT2D eigenvalue weighted by Gasteiger charge is 2.59. The molecule has 1 unspecified atom stereocenters. The fourth-order valence-electron chi connectivity index (χ4n) is 4.41. The second-order valence-electron chi connectivity index (χ2n) is 7.12. The Morgan fingerprint density at radius 2 is 1.89 bits per heavy atom. The minimum atomic E-state index is -0.788. The number of nitrogens with one attached hydrogen (secondary N) is 1. The number of hydrogen-bond acceptors (Lipinski definition) is 1. The normalized spacial score (nSPS) is 35.6. The lowest BCUT2D eigenvalue weighted by atomic mass is 9.68. The lowest BCUT2D eigenvalue weighted by Gasteiger charge is -2.43. The first kappa shape index (κ1) is 12.9. The largest absolute Gasteiger partial charge is 0.381 e. The molecule has 0 aromatic heterocycles. The highest BCUT2D eigenvalue weighted by Crippen LogP contribution is 2.63. The Hall–Kier alpha value is -1.12. The van der Waals surface area contributed by atoms with Gasteiger partial charge in [-0.3, -0.25) is 0 Å². The maximum atomic E-state index is 13.3. The van der Waals surface area contributed by atoms with Crippen LogP contribution in [0.4, 0.5) is 14.5 Å². The highest BCUT2D eigenvalue weighted by molar-refractivity contribution is 5.46. The van der Waals surface area contributed by atoms with Gasteiger partial charge in [-0.05, 0) is 48.1 Å². The van der Waals surface area contributed by atoms with E-state index in [0.717, 1.165) is 5.92 Å². The molecule has 2 saturated carbocycles. The summed E-state index contributed by atoms with van der Waals surface area (Å²) in [5.74, 6) is -0.833. The summed E-state index contributed by atoms with van der Waals surface area (Å²) in [6, 6.07) is 4.41. The van der Waals surface area contributed by atoms with E-state index in [-0.39, 0.29) is 10.8 Å². The van der Waals surface area contributed by atoms with Crippen LogP contribution in [0.15, 0.2) is 18.2 Å². The lowest BCUT2D eigenvalue weighted by molar-refractivity contribution is 0.155. The number of anilines is 1. The van der Waals surface area contributed by atoms with E-state index in [2.05, 4.69) is 26.1 Å². The van der Waals surface area contributed by atoms with Gasteiger partial charge in [0.1, 0.15) is 0 Å². The predicted molar refractivity (Wildman–Crippen MR) is 73.0 cm³/mol. The van der Waals surface area contributed by atoms with Crippen LogP contribution in [0.1, 0.15) is 40.0 Å². The Kier molecular flexibility index (Phi) is 2.67. The molecule has 1 aromatic rings. The van der Waals surface area contributed by atoms with Crippen molar-refractivity contribution in [1.29, 1.82) is 0 Å². The van der Waals surface area contributed by atoms with E-state index in [4.69, 9.17) is 0 Å². The molecule has 104 valence electrons. The molecule has 19 heavy (non-hydrogen) atoms. The minimum Gasteiger partial charge on any atom is -0.381 e. The average molecular weight is 265 g/mol. The van der Waals surface area contributed by atoms with Crippen LogP contribution in [-0.4, -0.2) is 6.04 Å². The predicted octanol–water partition coefficient (Wildman–Crippen LogP) is 4.59. The quantitative estimate of drug-likeness (QED) is 0.824. The van der Waals surface area contributed by atoms with Gasteiger partial charge in [0.05, 0.1) is 0 Å². The molecule has 0 radical (unpaired) electrons. The molecule has 1 aromatic carbocycles. The summed E-state index contributed by atoms with van der Waals surface area (Å²) in [6.07, 6.45) is 3.75. The SMILES string of the molecule is CC1(C)C(Nc2ccc(F)c(F)c2)[C@]2(C)CC[C@H]1C2. The van der Waals surface area contributed by atoms with Gasteiger partial charge in [0.2, 0.25) is 0 Å². The maximum absolute atomic E-state index is 13.3. The van der Waals surface area contributed by atoms with Crippen LogP contribution in [-0.2, 0) is 0 Å². The van der Waals surface area contributed by atoms with Gasteiger partial charge in [0.25, 0.3) is 0 Å². The van der Waals surface area contributed by atoms with E-state index in [1.165, 1.54) is 31.4 Å². The first-order valence-corrected chi connectivity index (χ1v) is 7.04. The topological polar surface area (TPSA) is 12.0 Å². The van der Waals surface area contributed by atoms with Crippen LogP contribution in [0.2, 0.25) is 0 Å². The summed E-state index contributed by atoms with van der Waals surface area (Å²) in [6.45, 7) is 6.90. The average Bonchev–Trinajstić information content (AvgIpc) is 2.80. The first-order valence-electron chi connectivity index (χ1n) is 7.04. The van der Waals surface area contributed by atoms with Gasteiger partial charge in [-0.2, -0.15) is 0 Å². The summed E-state index contributed by atoms with van der Waals surface area (Å²) in [5.41, 5.74) is 1.17. The summed E-state index contributed by atoms with van der Waals surface area (Å²) in [5, 5.41) is 3.46.